The maximum absolute atomic E-state index is 12.4. The van der Waals surface area contributed by atoms with Crippen molar-refractivity contribution >= 4 is 50.7 Å². The monoisotopic (exact) mass is 415 g/mol. The van der Waals surface area contributed by atoms with Gasteiger partial charge in [0, 0.05) is 17.1 Å². The average Bonchev–Trinajstić information content (AvgIpc) is 3.25. The lowest BCUT2D eigenvalue weighted by Gasteiger charge is -2.25. The number of thioether (sulfide) groups is 1. The highest BCUT2D eigenvalue weighted by molar-refractivity contribution is 7.98. The zero-order valence-corrected chi connectivity index (χ0v) is 17.6. The van der Waals surface area contributed by atoms with Crippen molar-refractivity contribution in [2.75, 3.05) is 18.6 Å². The van der Waals surface area contributed by atoms with E-state index in [2.05, 4.69) is 53.3 Å². The van der Waals surface area contributed by atoms with E-state index in [1.54, 1.807) is 0 Å². The number of nitrogens with one attached hydrogen (secondary N) is 1. The summed E-state index contributed by atoms with van der Waals surface area (Å²) in [5.41, 5.74) is 3.36. The fourth-order valence-electron chi connectivity index (χ4n) is 3.96. The molecular formula is C21H20ClN2OS2+. The van der Waals surface area contributed by atoms with Gasteiger partial charge in [0.2, 0.25) is 0 Å². The lowest BCUT2D eigenvalue weighted by Crippen LogP contribution is -2.26. The number of aromatic amines is 1. The van der Waals surface area contributed by atoms with Crippen molar-refractivity contribution in [2.45, 2.75) is 19.3 Å². The molecule has 2 aromatic heterocycles. The van der Waals surface area contributed by atoms with E-state index >= 15 is 0 Å². The van der Waals surface area contributed by atoms with Gasteiger partial charge in [-0.15, -0.1) is 11.3 Å². The van der Waals surface area contributed by atoms with Crippen LogP contribution in [0.4, 0.5) is 0 Å². The quantitative estimate of drug-likeness (QED) is 0.412. The predicted octanol–water partition coefficient (Wildman–Crippen LogP) is 6.11. The molecule has 2 heterocycles. The third-order valence-electron chi connectivity index (χ3n) is 5.34. The van der Waals surface area contributed by atoms with Crippen LogP contribution < -0.4 is 0 Å². The Labute approximate surface area is 171 Å². The molecule has 0 spiro atoms. The van der Waals surface area contributed by atoms with Gasteiger partial charge in [0.25, 0.3) is 6.54 Å². The molecule has 0 saturated carbocycles. The van der Waals surface area contributed by atoms with Crippen LogP contribution in [0.5, 0.6) is 0 Å². The third-order valence-corrected chi connectivity index (χ3v) is 7.21. The number of fused-ring (bicyclic) bond motifs is 2. The van der Waals surface area contributed by atoms with Gasteiger partial charge in [0.1, 0.15) is 10.5 Å². The van der Waals surface area contributed by atoms with E-state index in [0.29, 0.717) is 22.5 Å². The SMILES string of the molecule is CSC[C@@H]1c2ccccc2CC1(C)C[N+]#CC(=O)c1cc2cc(Cl)sc2[nH]1. The minimum Gasteiger partial charge on any atom is -0.343 e. The number of thiophene rings is 1. The lowest BCUT2D eigenvalue weighted by atomic mass is 9.79. The first kappa shape index (κ1) is 18.6. The number of halogens is 1. The molecule has 138 valence electrons. The van der Waals surface area contributed by atoms with Crippen LogP contribution in [-0.4, -0.2) is 29.3 Å². The molecule has 0 saturated heterocycles. The highest BCUT2D eigenvalue weighted by Gasteiger charge is 2.45. The molecule has 27 heavy (non-hydrogen) atoms. The van der Waals surface area contributed by atoms with Crippen molar-refractivity contribution in [1.82, 2.24) is 4.98 Å². The van der Waals surface area contributed by atoms with Crippen molar-refractivity contribution in [3.63, 3.8) is 0 Å². The Morgan fingerprint density at radius 3 is 3.04 bits per heavy atom. The van der Waals surface area contributed by atoms with Crippen molar-refractivity contribution < 1.29 is 4.79 Å². The summed E-state index contributed by atoms with van der Waals surface area (Å²) in [4.78, 5) is 20.9. The second kappa shape index (κ2) is 7.35. The van der Waals surface area contributed by atoms with Crippen LogP contribution in [0.3, 0.4) is 0 Å². The molecule has 0 amide bonds. The van der Waals surface area contributed by atoms with Crippen LogP contribution in [0.1, 0.15) is 34.5 Å². The second-order valence-corrected chi connectivity index (χ2v) is 9.91. The maximum atomic E-state index is 12.4. The molecule has 2 atom stereocenters. The number of carbonyl (C=O) groups excluding carboxylic acids is 1. The normalized spacial score (nSPS) is 21.1. The van der Waals surface area contributed by atoms with E-state index in [4.69, 9.17) is 11.6 Å². The predicted molar refractivity (Wildman–Crippen MR) is 117 cm³/mol. The Morgan fingerprint density at radius 1 is 1.44 bits per heavy atom. The van der Waals surface area contributed by atoms with E-state index in [-0.39, 0.29) is 11.2 Å². The van der Waals surface area contributed by atoms with Gasteiger partial charge < -0.3 is 4.98 Å². The topological polar surface area (TPSA) is 37.2 Å². The molecule has 1 aliphatic carbocycles. The number of hydrogen-bond acceptors (Lipinski definition) is 3. The highest BCUT2D eigenvalue weighted by Crippen LogP contribution is 2.48. The number of aromatic nitrogens is 1. The smallest absolute Gasteiger partial charge is 0.343 e. The number of hydrogen-bond donors (Lipinski definition) is 1. The molecule has 1 aliphatic rings. The maximum Gasteiger partial charge on any atom is 0.357 e. The summed E-state index contributed by atoms with van der Waals surface area (Å²) in [6.07, 6.45) is 3.13. The van der Waals surface area contributed by atoms with Gasteiger partial charge in [-0.2, -0.15) is 11.8 Å². The van der Waals surface area contributed by atoms with E-state index in [0.717, 1.165) is 22.4 Å². The minimum absolute atomic E-state index is 0.0174. The van der Waals surface area contributed by atoms with Gasteiger partial charge in [0.15, 0.2) is 0 Å². The average molecular weight is 416 g/mol. The van der Waals surface area contributed by atoms with Crippen molar-refractivity contribution in [1.29, 1.82) is 0 Å². The minimum atomic E-state index is -0.213. The van der Waals surface area contributed by atoms with Gasteiger partial charge in [-0.3, -0.25) is 4.79 Å². The summed E-state index contributed by atoms with van der Waals surface area (Å²) < 4.78 is 0.710. The number of ketones is 1. The molecule has 0 fully saturated rings. The number of rotatable bonds is 4. The molecule has 0 radical (unpaired) electrons. The largest absolute Gasteiger partial charge is 0.357 e. The molecule has 3 aromatic rings. The van der Waals surface area contributed by atoms with Crippen LogP contribution in [0.15, 0.2) is 36.4 Å². The van der Waals surface area contributed by atoms with E-state index in [1.165, 1.54) is 22.5 Å². The fraction of sp³-hybridized carbons (Fsp3) is 0.333. The van der Waals surface area contributed by atoms with E-state index < -0.39 is 0 Å². The molecule has 6 heteroatoms. The molecule has 1 aromatic carbocycles. The van der Waals surface area contributed by atoms with Crippen LogP contribution in [0.25, 0.3) is 15.1 Å². The zero-order valence-electron chi connectivity index (χ0n) is 15.2. The highest BCUT2D eigenvalue weighted by atomic mass is 35.5. The van der Waals surface area contributed by atoms with Gasteiger partial charge in [-0.05, 0) is 35.9 Å². The summed E-state index contributed by atoms with van der Waals surface area (Å²) in [7, 11) is 0. The Balaban J connectivity index is 1.52. The number of H-pyrrole nitrogens is 1. The summed E-state index contributed by atoms with van der Waals surface area (Å²) >= 11 is 9.28. The molecule has 0 bridgehead atoms. The van der Waals surface area contributed by atoms with Gasteiger partial charge in [0.05, 0.1) is 9.75 Å². The lowest BCUT2D eigenvalue weighted by molar-refractivity contribution is 0.105. The summed E-state index contributed by atoms with van der Waals surface area (Å²) in [5.74, 6) is 1.29. The Morgan fingerprint density at radius 2 is 2.26 bits per heavy atom. The van der Waals surface area contributed by atoms with Crippen LogP contribution in [-0.2, 0) is 6.42 Å². The number of Topliss-reactive ketones (excluding diaryl/α,β-unsaturated/α-hetero) is 1. The molecular weight excluding hydrogens is 396 g/mol. The van der Waals surface area contributed by atoms with Crippen molar-refractivity contribution in [3.8, 4) is 6.07 Å². The third kappa shape index (κ3) is 3.54. The number of nitrogens with zero attached hydrogens (tertiary/aromatic N) is 1. The number of carbonyl (C=O) groups is 1. The van der Waals surface area contributed by atoms with Crippen molar-refractivity contribution in [2.24, 2.45) is 5.41 Å². The van der Waals surface area contributed by atoms with Crippen LogP contribution >= 0.6 is 34.7 Å². The van der Waals surface area contributed by atoms with Crippen LogP contribution in [0, 0.1) is 11.5 Å². The molecule has 3 nitrogen and oxygen atoms in total. The first-order valence-corrected chi connectivity index (χ1v) is 11.4. The van der Waals surface area contributed by atoms with Gasteiger partial charge in [-0.1, -0.05) is 47.6 Å². The van der Waals surface area contributed by atoms with E-state index in [9.17, 15) is 4.79 Å². The zero-order chi connectivity index (χ0) is 19.0. The van der Waals surface area contributed by atoms with Crippen molar-refractivity contribution in [3.05, 3.63) is 62.4 Å². The molecule has 1 N–H and O–H groups in total. The van der Waals surface area contributed by atoms with Crippen LogP contribution in [0.2, 0.25) is 4.34 Å². The summed E-state index contributed by atoms with van der Waals surface area (Å²) in [6, 6.07) is 15.0. The molecule has 0 aliphatic heterocycles. The Bertz CT molecular complexity index is 1040. The summed E-state index contributed by atoms with van der Waals surface area (Å²) in [5, 5.41) is 0.952. The summed E-state index contributed by atoms with van der Waals surface area (Å²) in [6.45, 7) is 2.87. The van der Waals surface area contributed by atoms with Gasteiger partial charge in [-0.25, -0.2) is 0 Å². The standard InChI is InChI=1S/C21H19ClN2OS2/c1-21(9-13-5-3-4-6-15(13)16(21)11-26-2)12-23-10-18(25)17-7-14-8-19(22)27-20(14)24-17/h3-8,16H,9,11-12H2,1-2H3/p+1/t16-,21?/m1/s1. The van der Waals surface area contributed by atoms with E-state index in [1.807, 2.05) is 23.9 Å². The Kier molecular flexibility index (Phi) is 5.07. The Hall–Kier alpha value is -1.74. The first-order valence-electron chi connectivity index (χ1n) is 8.82. The van der Waals surface area contributed by atoms with Gasteiger partial charge >= 0.3 is 11.9 Å². The fourth-order valence-corrected chi connectivity index (χ4v) is 6.00. The number of benzene rings is 1. The second-order valence-electron chi connectivity index (χ2n) is 7.31. The molecule has 1 unspecified atom stereocenters. The molecule has 4 rings (SSSR count). The first-order chi connectivity index (χ1) is 13.0.